The Balaban J connectivity index is 1.30. The molecular weight excluding hydrogens is 422 g/mol. The van der Waals surface area contributed by atoms with Crippen molar-refractivity contribution >= 4 is 43.2 Å². The molecule has 0 spiro atoms. The van der Waals surface area contributed by atoms with Gasteiger partial charge in [-0.1, -0.05) is 24.3 Å². The minimum Gasteiger partial charge on any atom is -0.457 e. The number of anilines is 1. The van der Waals surface area contributed by atoms with E-state index in [-0.39, 0.29) is 6.61 Å². The molecule has 0 N–H and O–H groups in total. The number of nitrogens with zero attached hydrogens (tertiary/aromatic N) is 3. The number of esters is 1. The average molecular weight is 446 g/mol. The smallest absolute Gasteiger partial charge is 0.323 e. The van der Waals surface area contributed by atoms with Gasteiger partial charge in [-0.15, -0.1) is 11.3 Å². The second-order valence-corrected chi connectivity index (χ2v) is 10.3. The molecule has 0 atom stereocenters. The van der Waals surface area contributed by atoms with Gasteiger partial charge in [-0.25, -0.2) is 13.4 Å². The van der Waals surface area contributed by atoms with E-state index >= 15 is 0 Å². The largest absolute Gasteiger partial charge is 0.457 e. The summed E-state index contributed by atoms with van der Waals surface area (Å²) in [5.41, 5.74) is 3.09. The van der Waals surface area contributed by atoms with Crippen LogP contribution in [-0.4, -0.2) is 55.6 Å². The monoisotopic (exact) mass is 445 g/mol. The van der Waals surface area contributed by atoms with Gasteiger partial charge in [0.1, 0.15) is 11.6 Å². The first-order valence-electron chi connectivity index (χ1n) is 9.70. The van der Waals surface area contributed by atoms with E-state index in [9.17, 15) is 13.2 Å². The fourth-order valence-corrected chi connectivity index (χ4v) is 5.62. The molecule has 1 aromatic heterocycles. The number of fused-ring (bicyclic) bond motifs is 1. The van der Waals surface area contributed by atoms with Crippen molar-refractivity contribution in [1.82, 2.24) is 9.29 Å². The summed E-state index contributed by atoms with van der Waals surface area (Å²) < 4.78 is 32.8. The maximum atomic E-state index is 12.6. The molecular formula is C21H23N3O4S2. The lowest BCUT2D eigenvalue weighted by atomic mass is 10.2. The van der Waals surface area contributed by atoms with Gasteiger partial charge in [0.15, 0.2) is 5.75 Å². The number of benzene rings is 2. The highest BCUT2D eigenvalue weighted by molar-refractivity contribution is 7.89. The summed E-state index contributed by atoms with van der Waals surface area (Å²) in [6.45, 7) is 3.88. The molecule has 0 unspecified atom stereocenters. The third kappa shape index (κ3) is 4.80. The summed E-state index contributed by atoms with van der Waals surface area (Å²) in [6.07, 6.45) is 0. The van der Waals surface area contributed by atoms with Crippen LogP contribution in [0.15, 0.2) is 48.5 Å². The normalized spacial score (nSPS) is 15.4. The molecule has 1 fully saturated rings. The topological polar surface area (TPSA) is 79.8 Å². The van der Waals surface area contributed by atoms with E-state index in [0.717, 1.165) is 15.9 Å². The number of hydrogen-bond donors (Lipinski definition) is 0. The number of ether oxygens (including phenoxy) is 1. The van der Waals surface area contributed by atoms with Crippen LogP contribution in [0, 0.1) is 6.92 Å². The number of thiazole rings is 1. The molecule has 1 aliphatic rings. The molecule has 0 amide bonds. The highest BCUT2D eigenvalue weighted by atomic mass is 32.2. The van der Waals surface area contributed by atoms with Crippen molar-refractivity contribution in [2.45, 2.75) is 13.5 Å². The summed E-state index contributed by atoms with van der Waals surface area (Å²) in [4.78, 5) is 18.7. The standard InChI is InChI=1S/C21H23N3O4S2/c1-16-5-4-6-17(13-16)23-9-11-24(12-10-23)30(26,27)15-21(25)28-14-20-22-18-7-2-3-8-19(18)29-20/h2-8,13H,9-12,14-15H2,1H3. The van der Waals surface area contributed by atoms with Crippen molar-refractivity contribution in [1.29, 1.82) is 0 Å². The van der Waals surface area contributed by atoms with E-state index < -0.39 is 21.7 Å². The van der Waals surface area contributed by atoms with Crippen molar-refractivity contribution in [3.05, 3.63) is 59.1 Å². The maximum absolute atomic E-state index is 12.6. The zero-order valence-electron chi connectivity index (χ0n) is 16.7. The quantitative estimate of drug-likeness (QED) is 0.543. The van der Waals surface area contributed by atoms with Crippen molar-refractivity contribution < 1.29 is 17.9 Å². The van der Waals surface area contributed by atoms with Crippen LogP contribution >= 0.6 is 11.3 Å². The van der Waals surface area contributed by atoms with Crippen LogP contribution < -0.4 is 4.90 Å². The highest BCUT2D eigenvalue weighted by Crippen LogP contribution is 2.22. The minimum atomic E-state index is -3.71. The van der Waals surface area contributed by atoms with Crippen LogP contribution in [0.25, 0.3) is 10.2 Å². The molecule has 30 heavy (non-hydrogen) atoms. The van der Waals surface area contributed by atoms with Crippen LogP contribution in [0.1, 0.15) is 10.6 Å². The average Bonchev–Trinajstić information content (AvgIpc) is 3.15. The summed E-state index contributed by atoms with van der Waals surface area (Å²) >= 11 is 1.43. The molecule has 7 nitrogen and oxygen atoms in total. The predicted molar refractivity (Wildman–Crippen MR) is 118 cm³/mol. The maximum Gasteiger partial charge on any atom is 0.323 e. The molecule has 0 saturated carbocycles. The van der Waals surface area contributed by atoms with Gasteiger partial charge in [0.25, 0.3) is 0 Å². The lowest BCUT2D eigenvalue weighted by Gasteiger charge is -2.35. The number of para-hydroxylation sites is 1. The lowest BCUT2D eigenvalue weighted by molar-refractivity contribution is -0.141. The molecule has 2 heterocycles. The molecule has 158 valence electrons. The third-order valence-corrected chi connectivity index (χ3v) is 7.76. The first kappa shape index (κ1) is 20.8. The Hall–Kier alpha value is -2.49. The molecule has 2 aromatic carbocycles. The Morgan fingerprint density at radius 2 is 1.87 bits per heavy atom. The van der Waals surface area contributed by atoms with Crippen molar-refractivity contribution in [2.75, 3.05) is 36.8 Å². The second-order valence-electron chi connectivity index (χ2n) is 7.22. The van der Waals surface area contributed by atoms with Crippen LogP contribution in [0.5, 0.6) is 0 Å². The Kier molecular flexibility index (Phi) is 6.03. The van der Waals surface area contributed by atoms with Crippen molar-refractivity contribution in [3.8, 4) is 0 Å². The van der Waals surface area contributed by atoms with Gasteiger partial charge in [0.05, 0.1) is 10.2 Å². The number of sulfonamides is 1. The van der Waals surface area contributed by atoms with Crippen LogP contribution in [0.2, 0.25) is 0 Å². The van der Waals surface area contributed by atoms with Crippen LogP contribution in [0.3, 0.4) is 0 Å². The number of rotatable bonds is 6. The third-order valence-electron chi connectivity index (χ3n) is 4.99. The van der Waals surface area contributed by atoms with Crippen molar-refractivity contribution in [3.63, 3.8) is 0 Å². The zero-order valence-corrected chi connectivity index (χ0v) is 18.3. The van der Waals surface area contributed by atoms with Gasteiger partial charge < -0.3 is 9.64 Å². The van der Waals surface area contributed by atoms with Gasteiger partial charge in [-0.3, -0.25) is 4.79 Å². The van der Waals surface area contributed by atoms with E-state index in [1.807, 2.05) is 49.4 Å². The first-order valence-corrected chi connectivity index (χ1v) is 12.1. The Morgan fingerprint density at radius 1 is 1.10 bits per heavy atom. The van der Waals surface area contributed by atoms with E-state index in [4.69, 9.17) is 4.74 Å². The predicted octanol–water partition coefficient (Wildman–Crippen LogP) is 2.80. The Bertz CT molecular complexity index is 1120. The number of piperazine rings is 1. The number of aryl methyl sites for hydroxylation is 1. The van der Waals surface area contributed by atoms with Gasteiger partial charge >= 0.3 is 5.97 Å². The summed E-state index contributed by atoms with van der Waals surface area (Å²) in [7, 11) is -3.71. The summed E-state index contributed by atoms with van der Waals surface area (Å²) in [5, 5.41) is 0.647. The van der Waals surface area contributed by atoms with Gasteiger partial charge in [0.2, 0.25) is 10.0 Å². The molecule has 4 rings (SSSR count). The fourth-order valence-electron chi connectivity index (χ4n) is 3.45. The molecule has 0 aliphatic carbocycles. The number of carbonyl (C=O) groups is 1. The number of aromatic nitrogens is 1. The van der Waals surface area contributed by atoms with Crippen LogP contribution in [0.4, 0.5) is 5.69 Å². The fraction of sp³-hybridized carbons (Fsp3) is 0.333. The van der Waals surface area contributed by atoms with Gasteiger partial charge in [0, 0.05) is 31.9 Å². The van der Waals surface area contributed by atoms with Gasteiger partial charge in [-0.2, -0.15) is 4.31 Å². The molecule has 0 radical (unpaired) electrons. The summed E-state index contributed by atoms with van der Waals surface area (Å²) in [5.74, 6) is -1.40. The summed E-state index contributed by atoms with van der Waals surface area (Å²) in [6, 6.07) is 15.8. The van der Waals surface area contributed by atoms with E-state index in [0.29, 0.717) is 31.2 Å². The lowest BCUT2D eigenvalue weighted by Crippen LogP contribution is -2.50. The molecule has 1 saturated heterocycles. The second kappa shape index (κ2) is 8.71. The number of hydrogen-bond acceptors (Lipinski definition) is 7. The molecule has 9 heteroatoms. The minimum absolute atomic E-state index is 0.0190. The Morgan fingerprint density at radius 3 is 2.60 bits per heavy atom. The highest BCUT2D eigenvalue weighted by Gasteiger charge is 2.29. The Labute approximate surface area is 179 Å². The first-order chi connectivity index (χ1) is 14.4. The SMILES string of the molecule is Cc1cccc(N2CCN(S(=O)(=O)CC(=O)OCc3nc4ccccc4s3)CC2)c1. The molecule has 3 aromatic rings. The van der Waals surface area contributed by atoms with E-state index in [1.165, 1.54) is 21.2 Å². The molecule has 1 aliphatic heterocycles. The number of carbonyl (C=O) groups excluding carboxylic acids is 1. The van der Waals surface area contributed by atoms with E-state index in [2.05, 4.69) is 16.0 Å². The van der Waals surface area contributed by atoms with Crippen molar-refractivity contribution in [2.24, 2.45) is 0 Å². The van der Waals surface area contributed by atoms with Crippen LogP contribution in [-0.2, 0) is 26.2 Å². The van der Waals surface area contributed by atoms with E-state index in [1.54, 1.807) is 0 Å². The molecule has 0 bridgehead atoms. The van der Waals surface area contributed by atoms with Gasteiger partial charge in [-0.05, 0) is 36.8 Å². The zero-order chi connectivity index (χ0) is 21.1.